The molecule has 0 aliphatic heterocycles. The average Bonchev–Trinajstić information content (AvgIpc) is 2.34. The van der Waals surface area contributed by atoms with Gasteiger partial charge < -0.3 is 11.1 Å². The maximum atomic E-state index is 12.2. The molecule has 3 N–H and O–H groups in total. The molecule has 0 unspecified atom stereocenters. The quantitative estimate of drug-likeness (QED) is 0.837. The summed E-state index contributed by atoms with van der Waals surface area (Å²) in [7, 11) is 0. The van der Waals surface area contributed by atoms with Crippen LogP contribution >= 0.6 is 0 Å². The van der Waals surface area contributed by atoms with E-state index in [1.54, 1.807) is 0 Å². The Labute approximate surface area is 109 Å². The third kappa shape index (κ3) is 2.72. The zero-order valence-electron chi connectivity index (χ0n) is 11.0. The second-order valence-corrected chi connectivity index (χ2v) is 5.18. The molecule has 3 nitrogen and oxygen atoms in total. The van der Waals surface area contributed by atoms with Gasteiger partial charge in [-0.05, 0) is 56.3 Å². The van der Waals surface area contributed by atoms with E-state index in [1.807, 2.05) is 24.3 Å². The highest BCUT2D eigenvalue weighted by Gasteiger charge is 2.36. The summed E-state index contributed by atoms with van der Waals surface area (Å²) in [5, 5.41) is 3.19. The molecule has 0 bridgehead atoms. The molecule has 0 saturated heterocycles. The van der Waals surface area contributed by atoms with Gasteiger partial charge in [-0.1, -0.05) is 19.1 Å². The van der Waals surface area contributed by atoms with Crippen LogP contribution in [0.1, 0.15) is 48.5 Å². The van der Waals surface area contributed by atoms with Crippen molar-refractivity contribution < 1.29 is 4.79 Å². The van der Waals surface area contributed by atoms with E-state index in [0.717, 1.165) is 36.8 Å². The number of carbonyl (C=O) groups is 1. The fourth-order valence-corrected chi connectivity index (χ4v) is 2.52. The van der Waals surface area contributed by atoms with Crippen LogP contribution in [0.2, 0.25) is 0 Å². The Morgan fingerprint density at radius 1 is 1.44 bits per heavy atom. The zero-order valence-corrected chi connectivity index (χ0v) is 11.0. The topological polar surface area (TPSA) is 55.1 Å². The maximum absolute atomic E-state index is 12.2. The van der Waals surface area contributed by atoms with E-state index in [9.17, 15) is 4.79 Å². The Bertz CT molecular complexity index is 419. The molecule has 0 aromatic heterocycles. The van der Waals surface area contributed by atoms with E-state index in [-0.39, 0.29) is 11.4 Å². The van der Waals surface area contributed by atoms with Crippen LogP contribution in [0.25, 0.3) is 0 Å². The number of nitrogens with two attached hydrogens (primary N) is 1. The summed E-state index contributed by atoms with van der Waals surface area (Å²) in [5.41, 5.74) is 7.48. The summed E-state index contributed by atoms with van der Waals surface area (Å²) in [6.07, 6.45) is 5.28. The first-order valence-corrected chi connectivity index (χ1v) is 6.81. The third-order valence-electron chi connectivity index (χ3n) is 3.99. The molecule has 18 heavy (non-hydrogen) atoms. The number of nitrogens with one attached hydrogen (secondary N) is 1. The number of rotatable bonds is 5. The highest BCUT2D eigenvalue weighted by atomic mass is 16.1. The number of carbonyl (C=O) groups excluding carboxylic acids is 1. The highest BCUT2D eigenvalue weighted by molar-refractivity contribution is 5.94. The first-order chi connectivity index (χ1) is 8.69. The van der Waals surface area contributed by atoms with E-state index in [2.05, 4.69) is 12.2 Å². The summed E-state index contributed by atoms with van der Waals surface area (Å²) in [6, 6.07) is 7.77. The van der Waals surface area contributed by atoms with Crippen molar-refractivity contribution >= 4 is 5.91 Å². The Morgan fingerprint density at radius 3 is 2.78 bits per heavy atom. The Morgan fingerprint density at radius 2 is 2.22 bits per heavy atom. The molecule has 1 saturated carbocycles. The second-order valence-electron chi connectivity index (χ2n) is 5.18. The lowest BCUT2D eigenvalue weighted by atomic mass is 9.74. The van der Waals surface area contributed by atoms with E-state index >= 15 is 0 Å². The minimum atomic E-state index is 0.0513. The minimum Gasteiger partial charge on any atom is -0.347 e. The molecule has 1 aliphatic carbocycles. The van der Waals surface area contributed by atoms with Gasteiger partial charge in [-0.15, -0.1) is 0 Å². The van der Waals surface area contributed by atoms with Gasteiger partial charge in [-0.25, -0.2) is 0 Å². The van der Waals surface area contributed by atoms with Gasteiger partial charge in [0.25, 0.3) is 5.91 Å². The van der Waals surface area contributed by atoms with Crippen LogP contribution in [0.5, 0.6) is 0 Å². The molecule has 98 valence electrons. The van der Waals surface area contributed by atoms with Crippen LogP contribution in [0, 0.1) is 0 Å². The standard InChI is InChI=1S/C15H22N2O/c1-2-15(8-4-9-15)17-14(18)13-6-3-5-12(11-13)7-10-16/h3,5-6,11H,2,4,7-10,16H2,1H3,(H,17,18). The van der Waals surface area contributed by atoms with E-state index in [4.69, 9.17) is 5.73 Å². The first-order valence-electron chi connectivity index (χ1n) is 6.81. The molecule has 0 radical (unpaired) electrons. The van der Waals surface area contributed by atoms with Gasteiger partial charge in [-0.2, -0.15) is 0 Å². The van der Waals surface area contributed by atoms with Crippen molar-refractivity contribution in [3.63, 3.8) is 0 Å². The summed E-state index contributed by atoms with van der Waals surface area (Å²) >= 11 is 0. The molecule has 1 aromatic rings. The zero-order chi connectivity index (χ0) is 13.0. The number of amides is 1. The SMILES string of the molecule is CCC1(NC(=O)c2cccc(CCN)c2)CCC1. The summed E-state index contributed by atoms with van der Waals surface area (Å²) in [6.45, 7) is 2.76. The number of benzene rings is 1. The van der Waals surface area contributed by atoms with Gasteiger partial charge in [-0.3, -0.25) is 4.79 Å². The minimum absolute atomic E-state index is 0.0513. The van der Waals surface area contributed by atoms with Crippen molar-refractivity contribution in [2.75, 3.05) is 6.54 Å². The van der Waals surface area contributed by atoms with Crippen molar-refractivity contribution in [1.82, 2.24) is 5.32 Å². The van der Waals surface area contributed by atoms with E-state index in [1.165, 1.54) is 6.42 Å². The average molecular weight is 246 g/mol. The summed E-state index contributed by atoms with van der Waals surface area (Å²) in [4.78, 5) is 12.2. The molecule has 1 aliphatic rings. The van der Waals surface area contributed by atoms with Crippen LogP contribution in [-0.4, -0.2) is 18.0 Å². The Kier molecular flexibility index (Phi) is 4.02. The number of hydrogen-bond acceptors (Lipinski definition) is 2. The molecule has 2 rings (SSSR count). The van der Waals surface area contributed by atoms with Gasteiger partial charge in [0.05, 0.1) is 0 Å². The van der Waals surface area contributed by atoms with Crippen molar-refractivity contribution in [1.29, 1.82) is 0 Å². The van der Waals surface area contributed by atoms with Crippen LogP contribution in [0.15, 0.2) is 24.3 Å². The first kappa shape index (κ1) is 13.1. The summed E-state index contributed by atoms with van der Waals surface area (Å²) in [5.74, 6) is 0.0513. The molecule has 0 spiro atoms. The summed E-state index contributed by atoms with van der Waals surface area (Å²) < 4.78 is 0. The van der Waals surface area contributed by atoms with Crippen molar-refractivity contribution in [2.24, 2.45) is 5.73 Å². The predicted molar refractivity (Wildman–Crippen MR) is 73.5 cm³/mol. The van der Waals surface area contributed by atoms with Crippen LogP contribution in [0.3, 0.4) is 0 Å². The Hall–Kier alpha value is -1.35. The molecule has 1 amide bonds. The smallest absolute Gasteiger partial charge is 0.251 e. The lowest BCUT2D eigenvalue weighted by Gasteiger charge is -2.42. The fourth-order valence-electron chi connectivity index (χ4n) is 2.52. The van der Waals surface area contributed by atoms with Gasteiger partial charge >= 0.3 is 0 Å². The lowest BCUT2D eigenvalue weighted by molar-refractivity contribution is 0.0820. The number of hydrogen-bond donors (Lipinski definition) is 2. The predicted octanol–water partition coefficient (Wildman–Crippen LogP) is 2.25. The molecular weight excluding hydrogens is 224 g/mol. The van der Waals surface area contributed by atoms with Crippen LogP contribution in [-0.2, 0) is 6.42 Å². The maximum Gasteiger partial charge on any atom is 0.251 e. The largest absolute Gasteiger partial charge is 0.347 e. The van der Waals surface area contributed by atoms with Crippen molar-refractivity contribution in [3.05, 3.63) is 35.4 Å². The van der Waals surface area contributed by atoms with Crippen LogP contribution in [0.4, 0.5) is 0 Å². The van der Waals surface area contributed by atoms with Crippen molar-refractivity contribution in [3.8, 4) is 0 Å². The fraction of sp³-hybridized carbons (Fsp3) is 0.533. The van der Waals surface area contributed by atoms with Gasteiger partial charge in [0.15, 0.2) is 0 Å². The van der Waals surface area contributed by atoms with E-state index < -0.39 is 0 Å². The molecule has 1 aromatic carbocycles. The van der Waals surface area contributed by atoms with Gasteiger partial charge in [0.1, 0.15) is 0 Å². The third-order valence-corrected chi connectivity index (χ3v) is 3.99. The normalized spacial score (nSPS) is 17.0. The second kappa shape index (κ2) is 5.53. The van der Waals surface area contributed by atoms with Gasteiger partial charge in [0.2, 0.25) is 0 Å². The van der Waals surface area contributed by atoms with Crippen molar-refractivity contribution in [2.45, 2.75) is 44.6 Å². The van der Waals surface area contributed by atoms with Gasteiger partial charge in [0, 0.05) is 11.1 Å². The van der Waals surface area contributed by atoms with E-state index in [0.29, 0.717) is 6.54 Å². The molecule has 0 atom stereocenters. The molecular formula is C15H22N2O. The molecule has 1 fully saturated rings. The van der Waals surface area contributed by atoms with Crippen LogP contribution < -0.4 is 11.1 Å². The molecule has 0 heterocycles. The molecule has 3 heteroatoms. The highest BCUT2D eigenvalue weighted by Crippen LogP contribution is 2.34. The monoisotopic (exact) mass is 246 g/mol. The lowest BCUT2D eigenvalue weighted by Crippen LogP contribution is -2.52. The Balaban J connectivity index is 2.06.